The molecule has 0 spiro atoms. The molecule has 2 heterocycles. The molecule has 0 radical (unpaired) electrons. The second-order valence-corrected chi connectivity index (χ2v) is 8.80. The fourth-order valence-electron chi connectivity index (χ4n) is 4.62. The van der Waals surface area contributed by atoms with E-state index in [4.69, 9.17) is 0 Å². The van der Waals surface area contributed by atoms with E-state index in [0.29, 0.717) is 18.9 Å². The van der Waals surface area contributed by atoms with E-state index in [1.807, 2.05) is 83.8 Å². The lowest BCUT2D eigenvalue weighted by molar-refractivity contribution is -0.383. The summed E-state index contributed by atoms with van der Waals surface area (Å²) in [6, 6.07) is 29.8. The molecule has 1 aliphatic heterocycles. The third-order valence-corrected chi connectivity index (χ3v) is 6.45. The maximum atomic E-state index is 12.3. The summed E-state index contributed by atoms with van der Waals surface area (Å²) in [4.78, 5) is 24.9. The lowest BCUT2D eigenvalue weighted by Gasteiger charge is -2.35. The van der Waals surface area contributed by atoms with Gasteiger partial charge < -0.3 is 10.2 Å². The average molecular weight is 481 g/mol. The predicted molar refractivity (Wildman–Crippen MR) is 141 cm³/mol. The third-order valence-electron chi connectivity index (χ3n) is 6.45. The Hall–Kier alpha value is -4.30. The molecule has 182 valence electrons. The van der Waals surface area contributed by atoms with Crippen molar-refractivity contribution in [3.05, 3.63) is 124 Å². The molecule has 0 amide bonds. The summed E-state index contributed by atoms with van der Waals surface area (Å²) in [5.41, 5.74) is 3.16. The SMILES string of the molecule is O=[N+]([O-])c1c(NC(c2ccccc2)c2ccccc2)ncnc1N1CCN(Cc2ccccc2)CC1. The molecule has 1 fully saturated rings. The highest BCUT2D eigenvalue weighted by Gasteiger charge is 2.30. The highest BCUT2D eigenvalue weighted by Crippen LogP contribution is 2.36. The first-order valence-corrected chi connectivity index (χ1v) is 12.1. The zero-order valence-electron chi connectivity index (χ0n) is 19.9. The first-order valence-electron chi connectivity index (χ1n) is 12.1. The number of rotatable bonds is 8. The number of nitrogens with one attached hydrogen (secondary N) is 1. The van der Waals surface area contributed by atoms with Gasteiger partial charge >= 0.3 is 5.69 Å². The topological polar surface area (TPSA) is 87.4 Å². The maximum absolute atomic E-state index is 12.3. The van der Waals surface area contributed by atoms with Crippen LogP contribution < -0.4 is 10.2 Å². The van der Waals surface area contributed by atoms with Crippen LogP contribution in [0.15, 0.2) is 97.3 Å². The fourth-order valence-corrected chi connectivity index (χ4v) is 4.62. The summed E-state index contributed by atoms with van der Waals surface area (Å²) in [6.45, 7) is 3.78. The molecule has 8 heteroatoms. The standard InChI is InChI=1S/C28H28N6O2/c35-34(36)26-27(31-25(23-12-6-2-7-13-23)24-14-8-3-9-15-24)29-21-30-28(26)33-18-16-32(17-19-33)20-22-10-4-1-5-11-22/h1-15,21,25H,16-20H2,(H,29,30,31). The third kappa shape index (κ3) is 5.34. The van der Waals surface area contributed by atoms with E-state index < -0.39 is 0 Å². The van der Waals surface area contributed by atoms with Crippen molar-refractivity contribution in [2.75, 3.05) is 36.4 Å². The van der Waals surface area contributed by atoms with Crippen LogP contribution >= 0.6 is 0 Å². The number of anilines is 2. The molecular weight excluding hydrogens is 452 g/mol. The monoisotopic (exact) mass is 480 g/mol. The van der Waals surface area contributed by atoms with E-state index in [-0.39, 0.29) is 22.5 Å². The van der Waals surface area contributed by atoms with Gasteiger partial charge in [0.15, 0.2) is 0 Å². The largest absolute Gasteiger partial charge is 0.353 e. The second kappa shape index (κ2) is 11.0. The lowest BCUT2D eigenvalue weighted by Crippen LogP contribution is -2.46. The van der Waals surface area contributed by atoms with Gasteiger partial charge in [0, 0.05) is 32.7 Å². The minimum atomic E-state index is -0.374. The van der Waals surface area contributed by atoms with Crippen molar-refractivity contribution in [2.24, 2.45) is 0 Å². The minimum Gasteiger partial charge on any atom is -0.353 e. The lowest BCUT2D eigenvalue weighted by atomic mass is 9.98. The molecule has 0 bridgehead atoms. The van der Waals surface area contributed by atoms with E-state index in [1.54, 1.807) is 0 Å². The minimum absolute atomic E-state index is 0.0918. The average Bonchev–Trinajstić information content (AvgIpc) is 2.93. The van der Waals surface area contributed by atoms with Gasteiger partial charge in [0.05, 0.1) is 11.0 Å². The molecule has 0 atom stereocenters. The predicted octanol–water partition coefficient (Wildman–Crippen LogP) is 4.91. The number of nitro groups is 1. The molecule has 8 nitrogen and oxygen atoms in total. The van der Waals surface area contributed by atoms with Gasteiger partial charge in [-0.3, -0.25) is 15.0 Å². The van der Waals surface area contributed by atoms with Crippen molar-refractivity contribution < 1.29 is 4.92 Å². The van der Waals surface area contributed by atoms with Gasteiger partial charge in [0.25, 0.3) is 0 Å². The summed E-state index contributed by atoms with van der Waals surface area (Å²) >= 11 is 0. The van der Waals surface area contributed by atoms with Gasteiger partial charge in [-0.25, -0.2) is 9.97 Å². The number of piperazine rings is 1. The summed E-state index contributed by atoms with van der Waals surface area (Å²) < 4.78 is 0. The van der Waals surface area contributed by atoms with E-state index in [0.717, 1.165) is 30.8 Å². The van der Waals surface area contributed by atoms with E-state index in [2.05, 4.69) is 32.3 Å². The van der Waals surface area contributed by atoms with Crippen LogP contribution in [0.3, 0.4) is 0 Å². The Morgan fingerprint density at radius 2 is 1.36 bits per heavy atom. The zero-order valence-corrected chi connectivity index (χ0v) is 19.9. The first kappa shape index (κ1) is 23.4. The molecule has 1 aromatic heterocycles. The Kier molecular flexibility index (Phi) is 7.14. The summed E-state index contributed by atoms with van der Waals surface area (Å²) in [5, 5.41) is 15.6. The molecule has 0 aliphatic carbocycles. The summed E-state index contributed by atoms with van der Waals surface area (Å²) in [5.74, 6) is 0.575. The normalized spacial score (nSPS) is 14.1. The molecule has 36 heavy (non-hydrogen) atoms. The van der Waals surface area contributed by atoms with E-state index in [1.165, 1.54) is 11.9 Å². The Morgan fingerprint density at radius 1 is 0.806 bits per heavy atom. The molecule has 0 saturated carbocycles. The molecule has 0 unspecified atom stereocenters. The van der Waals surface area contributed by atoms with Gasteiger partial charge in [0.2, 0.25) is 11.6 Å². The van der Waals surface area contributed by atoms with Gasteiger partial charge in [-0.1, -0.05) is 91.0 Å². The summed E-state index contributed by atoms with van der Waals surface area (Å²) in [6.07, 6.45) is 1.41. The van der Waals surface area contributed by atoms with Crippen molar-refractivity contribution in [3.63, 3.8) is 0 Å². The Morgan fingerprint density at radius 3 is 1.92 bits per heavy atom. The molecule has 1 N–H and O–H groups in total. The van der Waals surface area contributed by atoms with Crippen molar-refractivity contribution in [1.29, 1.82) is 0 Å². The number of nitrogens with zero attached hydrogens (tertiary/aromatic N) is 5. The van der Waals surface area contributed by atoms with Crippen LogP contribution in [0, 0.1) is 10.1 Å². The first-order chi connectivity index (χ1) is 17.7. The van der Waals surface area contributed by atoms with Crippen LogP contribution in [0.1, 0.15) is 22.7 Å². The van der Waals surface area contributed by atoms with Gasteiger partial charge in [-0.05, 0) is 16.7 Å². The van der Waals surface area contributed by atoms with Crippen LogP contribution in [0.25, 0.3) is 0 Å². The summed E-state index contributed by atoms with van der Waals surface area (Å²) in [7, 11) is 0. The van der Waals surface area contributed by atoms with Crippen LogP contribution in [0.2, 0.25) is 0 Å². The molecular formula is C28H28N6O2. The maximum Gasteiger partial charge on any atom is 0.353 e. The van der Waals surface area contributed by atoms with Crippen LogP contribution in [0.4, 0.5) is 17.3 Å². The zero-order chi connectivity index (χ0) is 24.7. The highest BCUT2D eigenvalue weighted by atomic mass is 16.6. The second-order valence-electron chi connectivity index (χ2n) is 8.80. The van der Waals surface area contributed by atoms with Crippen molar-refractivity contribution in [3.8, 4) is 0 Å². The highest BCUT2D eigenvalue weighted by molar-refractivity contribution is 5.71. The van der Waals surface area contributed by atoms with Crippen LogP contribution in [0.5, 0.6) is 0 Å². The molecule has 1 saturated heterocycles. The van der Waals surface area contributed by atoms with Crippen molar-refractivity contribution in [1.82, 2.24) is 14.9 Å². The molecule has 5 rings (SSSR count). The van der Waals surface area contributed by atoms with E-state index >= 15 is 0 Å². The van der Waals surface area contributed by atoms with Crippen molar-refractivity contribution >= 4 is 17.3 Å². The molecule has 4 aromatic rings. The van der Waals surface area contributed by atoms with Crippen LogP contribution in [-0.2, 0) is 6.54 Å². The molecule has 1 aliphatic rings. The van der Waals surface area contributed by atoms with Crippen molar-refractivity contribution in [2.45, 2.75) is 12.6 Å². The Balaban J connectivity index is 1.39. The van der Waals surface area contributed by atoms with Gasteiger partial charge in [-0.2, -0.15) is 0 Å². The van der Waals surface area contributed by atoms with Crippen LogP contribution in [-0.4, -0.2) is 46.0 Å². The molecule has 3 aromatic carbocycles. The number of hydrogen-bond acceptors (Lipinski definition) is 7. The fraction of sp³-hybridized carbons (Fsp3) is 0.214. The quantitative estimate of drug-likeness (QED) is 0.283. The van der Waals surface area contributed by atoms with Gasteiger partial charge in [0.1, 0.15) is 6.33 Å². The Labute approximate surface area is 210 Å². The number of hydrogen-bond donors (Lipinski definition) is 1. The number of benzene rings is 3. The van der Waals surface area contributed by atoms with Gasteiger partial charge in [-0.15, -0.1) is 0 Å². The Bertz CT molecular complexity index is 1240. The smallest absolute Gasteiger partial charge is 0.353 e. The number of aromatic nitrogens is 2. The van der Waals surface area contributed by atoms with E-state index in [9.17, 15) is 10.1 Å².